The molecule has 0 saturated heterocycles. The standard InChI is InChI=1S/C18H21ClN2O3S/c1-25(23,24)16-5-2-4-14(12-16)18(21-17(22)6-3-11-20)13-7-9-15(19)10-8-13/h2,4-5,7-10,12,18H,3,6,11,20H2,1H3,(H,21,22). The highest BCUT2D eigenvalue weighted by Crippen LogP contribution is 2.25. The first kappa shape index (κ1) is 19.4. The minimum atomic E-state index is -3.34. The number of nitrogens with two attached hydrogens (primary N) is 1. The average molecular weight is 381 g/mol. The Kier molecular flexibility index (Phi) is 6.58. The third-order valence-electron chi connectivity index (χ3n) is 3.74. The Morgan fingerprint density at radius 2 is 1.84 bits per heavy atom. The zero-order valence-electron chi connectivity index (χ0n) is 13.9. The van der Waals surface area contributed by atoms with Gasteiger partial charge in [-0.1, -0.05) is 35.9 Å². The Labute approximate surface area is 153 Å². The monoisotopic (exact) mass is 380 g/mol. The van der Waals surface area contributed by atoms with Crippen molar-refractivity contribution in [3.05, 3.63) is 64.7 Å². The third-order valence-corrected chi connectivity index (χ3v) is 5.10. The van der Waals surface area contributed by atoms with Crippen LogP contribution in [0.3, 0.4) is 0 Å². The van der Waals surface area contributed by atoms with Crippen LogP contribution in [0.5, 0.6) is 0 Å². The zero-order valence-corrected chi connectivity index (χ0v) is 15.5. The molecule has 0 aliphatic heterocycles. The number of rotatable bonds is 7. The van der Waals surface area contributed by atoms with Crippen LogP contribution in [0.25, 0.3) is 0 Å². The summed E-state index contributed by atoms with van der Waals surface area (Å²) in [6.45, 7) is 0.433. The fraction of sp³-hybridized carbons (Fsp3) is 0.278. The molecule has 134 valence electrons. The SMILES string of the molecule is CS(=O)(=O)c1cccc(C(NC(=O)CCCN)c2ccc(Cl)cc2)c1. The number of benzene rings is 2. The molecule has 7 heteroatoms. The van der Waals surface area contributed by atoms with Crippen LogP contribution < -0.4 is 11.1 Å². The molecule has 25 heavy (non-hydrogen) atoms. The first-order valence-corrected chi connectivity index (χ1v) is 10.1. The van der Waals surface area contributed by atoms with E-state index in [-0.39, 0.29) is 10.8 Å². The van der Waals surface area contributed by atoms with Gasteiger partial charge in [0.05, 0.1) is 10.9 Å². The van der Waals surface area contributed by atoms with Crippen molar-refractivity contribution in [3.63, 3.8) is 0 Å². The van der Waals surface area contributed by atoms with Crippen molar-refractivity contribution in [2.24, 2.45) is 5.73 Å². The predicted molar refractivity (Wildman–Crippen MR) is 99.3 cm³/mol. The van der Waals surface area contributed by atoms with E-state index in [1.54, 1.807) is 30.3 Å². The molecular formula is C18H21ClN2O3S. The van der Waals surface area contributed by atoms with Gasteiger partial charge in [0.1, 0.15) is 0 Å². The number of carbonyl (C=O) groups is 1. The summed E-state index contributed by atoms with van der Waals surface area (Å²) >= 11 is 5.94. The molecule has 2 aromatic rings. The van der Waals surface area contributed by atoms with Gasteiger partial charge in [-0.15, -0.1) is 0 Å². The Hall–Kier alpha value is -1.89. The normalized spacial score (nSPS) is 12.6. The van der Waals surface area contributed by atoms with E-state index >= 15 is 0 Å². The van der Waals surface area contributed by atoms with Crippen LogP contribution in [-0.4, -0.2) is 27.1 Å². The van der Waals surface area contributed by atoms with Crippen molar-refractivity contribution in [1.82, 2.24) is 5.32 Å². The maximum atomic E-state index is 12.2. The quantitative estimate of drug-likeness (QED) is 0.772. The summed E-state index contributed by atoms with van der Waals surface area (Å²) in [5, 5.41) is 3.54. The smallest absolute Gasteiger partial charge is 0.220 e. The molecule has 2 aromatic carbocycles. The number of sulfone groups is 1. The van der Waals surface area contributed by atoms with Crippen molar-refractivity contribution in [2.75, 3.05) is 12.8 Å². The van der Waals surface area contributed by atoms with E-state index in [2.05, 4.69) is 5.32 Å². The summed E-state index contributed by atoms with van der Waals surface area (Å²) in [5.41, 5.74) is 6.96. The molecule has 0 heterocycles. The summed E-state index contributed by atoms with van der Waals surface area (Å²) in [4.78, 5) is 12.4. The van der Waals surface area contributed by atoms with E-state index < -0.39 is 15.9 Å². The van der Waals surface area contributed by atoms with Gasteiger partial charge in [-0.05, 0) is 48.4 Å². The highest BCUT2D eigenvalue weighted by atomic mass is 35.5. The van der Waals surface area contributed by atoms with Crippen LogP contribution in [0.15, 0.2) is 53.4 Å². The van der Waals surface area contributed by atoms with Gasteiger partial charge in [0.2, 0.25) is 5.91 Å². The summed E-state index contributed by atoms with van der Waals surface area (Å²) in [5.74, 6) is -0.143. The van der Waals surface area contributed by atoms with Gasteiger partial charge in [-0.2, -0.15) is 0 Å². The number of amides is 1. The highest BCUT2D eigenvalue weighted by Gasteiger charge is 2.18. The second-order valence-electron chi connectivity index (χ2n) is 5.79. The Morgan fingerprint density at radius 1 is 1.16 bits per heavy atom. The summed E-state index contributed by atoms with van der Waals surface area (Å²) in [6, 6.07) is 13.2. The Balaban J connectivity index is 2.40. The van der Waals surface area contributed by atoms with Gasteiger partial charge in [0, 0.05) is 17.7 Å². The molecule has 0 saturated carbocycles. The lowest BCUT2D eigenvalue weighted by atomic mass is 9.98. The first-order chi connectivity index (χ1) is 11.8. The number of halogens is 1. The average Bonchev–Trinajstić information content (AvgIpc) is 2.58. The largest absolute Gasteiger partial charge is 0.345 e. The molecule has 2 rings (SSSR count). The molecule has 0 aliphatic rings. The van der Waals surface area contributed by atoms with Crippen LogP contribution in [-0.2, 0) is 14.6 Å². The minimum Gasteiger partial charge on any atom is -0.345 e. The van der Waals surface area contributed by atoms with E-state index in [4.69, 9.17) is 17.3 Å². The van der Waals surface area contributed by atoms with Crippen LogP contribution in [0.2, 0.25) is 5.02 Å². The van der Waals surface area contributed by atoms with Gasteiger partial charge in [-0.25, -0.2) is 8.42 Å². The fourth-order valence-electron chi connectivity index (χ4n) is 2.43. The second-order valence-corrected chi connectivity index (χ2v) is 8.24. The molecule has 3 N–H and O–H groups in total. The molecule has 1 unspecified atom stereocenters. The third kappa shape index (κ3) is 5.56. The van der Waals surface area contributed by atoms with Gasteiger partial charge >= 0.3 is 0 Å². The maximum Gasteiger partial charge on any atom is 0.220 e. The van der Waals surface area contributed by atoms with Crippen LogP contribution in [0.1, 0.15) is 30.0 Å². The predicted octanol–water partition coefficient (Wildman–Crippen LogP) is 2.69. The number of hydrogen-bond acceptors (Lipinski definition) is 4. The molecule has 0 spiro atoms. The molecular weight excluding hydrogens is 360 g/mol. The minimum absolute atomic E-state index is 0.143. The van der Waals surface area contributed by atoms with E-state index in [0.29, 0.717) is 30.0 Å². The second kappa shape index (κ2) is 8.47. The van der Waals surface area contributed by atoms with Crippen molar-refractivity contribution in [2.45, 2.75) is 23.8 Å². The summed E-state index contributed by atoms with van der Waals surface area (Å²) < 4.78 is 23.7. The van der Waals surface area contributed by atoms with E-state index in [9.17, 15) is 13.2 Å². The van der Waals surface area contributed by atoms with Crippen LogP contribution in [0.4, 0.5) is 0 Å². The lowest BCUT2D eigenvalue weighted by Crippen LogP contribution is -2.29. The number of nitrogens with one attached hydrogen (secondary N) is 1. The Morgan fingerprint density at radius 3 is 2.44 bits per heavy atom. The van der Waals surface area contributed by atoms with Gasteiger partial charge < -0.3 is 11.1 Å². The lowest BCUT2D eigenvalue weighted by molar-refractivity contribution is -0.121. The van der Waals surface area contributed by atoms with Gasteiger partial charge in [-0.3, -0.25) is 4.79 Å². The van der Waals surface area contributed by atoms with E-state index in [1.807, 2.05) is 12.1 Å². The molecule has 5 nitrogen and oxygen atoms in total. The van der Waals surface area contributed by atoms with E-state index in [0.717, 1.165) is 11.8 Å². The van der Waals surface area contributed by atoms with Crippen molar-refractivity contribution >= 4 is 27.3 Å². The molecule has 0 aliphatic carbocycles. The molecule has 0 radical (unpaired) electrons. The van der Waals surface area contributed by atoms with Crippen molar-refractivity contribution in [3.8, 4) is 0 Å². The fourth-order valence-corrected chi connectivity index (χ4v) is 3.24. The number of hydrogen-bond donors (Lipinski definition) is 2. The van der Waals surface area contributed by atoms with Crippen molar-refractivity contribution < 1.29 is 13.2 Å². The zero-order chi connectivity index (χ0) is 18.4. The van der Waals surface area contributed by atoms with Gasteiger partial charge in [0.15, 0.2) is 9.84 Å². The molecule has 0 bridgehead atoms. The van der Waals surface area contributed by atoms with Gasteiger partial charge in [0.25, 0.3) is 0 Å². The topological polar surface area (TPSA) is 89.3 Å². The van der Waals surface area contributed by atoms with Crippen LogP contribution in [0, 0.1) is 0 Å². The number of carbonyl (C=O) groups excluding carboxylic acids is 1. The molecule has 1 atom stereocenters. The first-order valence-electron chi connectivity index (χ1n) is 7.86. The van der Waals surface area contributed by atoms with E-state index in [1.165, 1.54) is 6.07 Å². The molecule has 0 aromatic heterocycles. The summed E-state index contributed by atoms with van der Waals surface area (Å²) in [6.07, 6.45) is 2.05. The summed E-state index contributed by atoms with van der Waals surface area (Å²) in [7, 11) is -3.34. The maximum absolute atomic E-state index is 12.2. The molecule has 1 amide bonds. The Bertz CT molecular complexity index is 836. The van der Waals surface area contributed by atoms with Crippen molar-refractivity contribution in [1.29, 1.82) is 0 Å². The molecule has 0 fully saturated rings. The highest BCUT2D eigenvalue weighted by molar-refractivity contribution is 7.90. The van der Waals surface area contributed by atoms with Crippen LogP contribution >= 0.6 is 11.6 Å². The lowest BCUT2D eigenvalue weighted by Gasteiger charge is -2.20.